The summed E-state index contributed by atoms with van der Waals surface area (Å²) in [5.41, 5.74) is 4.82. The molecule has 1 aromatic rings. The highest BCUT2D eigenvalue weighted by atomic mass is 19.4. The first-order valence-electron chi connectivity index (χ1n) is 5.97. The lowest BCUT2D eigenvalue weighted by Crippen LogP contribution is -2.26. The maximum atomic E-state index is 11.8. The predicted octanol–water partition coefficient (Wildman–Crippen LogP) is 0.550. The Bertz CT molecular complexity index is 462. The van der Waals surface area contributed by atoms with Crippen LogP contribution >= 0.6 is 0 Å². The van der Waals surface area contributed by atoms with E-state index in [0.717, 1.165) is 4.68 Å². The van der Waals surface area contributed by atoms with Crippen molar-refractivity contribution in [1.29, 1.82) is 0 Å². The van der Waals surface area contributed by atoms with Crippen LogP contribution in [0.25, 0.3) is 0 Å². The van der Waals surface area contributed by atoms with E-state index in [1.165, 1.54) is 12.3 Å². The fraction of sp³-hybridized carbons (Fsp3) is 0.636. The number of hydrogen-bond acceptors (Lipinski definition) is 5. The monoisotopic (exact) mass is 295 g/mol. The summed E-state index contributed by atoms with van der Waals surface area (Å²) >= 11 is 0. The average molecular weight is 295 g/mol. The first-order valence-corrected chi connectivity index (χ1v) is 5.97. The van der Waals surface area contributed by atoms with Gasteiger partial charge in [-0.25, -0.2) is 4.68 Å². The molecule has 6 nitrogen and oxygen atoms in total. The maximum absolute atomic E-state index is 11.8. The highest BCUT2D eigenvalue weighted by molar-refractivity contribution is 5.13. The first kappa shape index (κ1) is 16.4. The van der Waals surface area contributed by atoms with E-state index < -0.39 is 18.3 Å². The van der Waals surface area contributed by atoms with Gasteiger partial charge in [0.05, 0.1) is 26.0 Å². The Morgan fingerprint density at radius 3 is 2.70 bits per heavy atom. The van der Waals surface area contributed by atoms with Crippen LogP contribution in [-0.2, 0) is 11.3 Å². The summed E-state index contributed by atoms with van der Waals surface area (Å²) in [5, 5.41) is 3.78. The number of ether oxygens (including phenoxy) is 2. The van der Waals surface area contributed by atoms with Crippen molar-refractivity contribution in [2.75, 3.05) is 26.4 Å². The van der Waals surface area contributed by atoms with Gasteiger partial charge in [0, 0.05) is 6.07 Å². The molecular weight excluding hydrogens is 279 g/mol. The second-order valence-electron chi connectivity index (χ2n) is 3.91. The minimum Gasteiger partial charge on any atom is -0.492 e. The van der Waals surface area contributed by atoms with Gasteiger partial charge in [-0.15, -0.1) is 0 Å². The molecule has 1 rings (SSSR count). The van der Waals surface area contributed by atoms with Crippen LogP contribution in [0.1, 0.15) is 6.42 Å². The molecule has 0 saturated heterocycles. The fourth-order valence-corrected chi connectivity index (χ4v) is 1.28. The van der Waals surface area contributed by atoms with E-state index in [1.54, 1.807) is 0 Å². The van der Waals surface area contributed by atoms with Crippen LogP contribution in [0.15, 0.2) is 17.1 Å². The zero-order valence-electron chi connectivity index (χ0n) is 10.7. The van der Waals surface area contributed by atoms with Crippen molar-refractivity contribution >= 4 is 0 Å². The Labute approximate surface area is 113 Å². The van der Waals surface area contributed by atoms with Crippen molar-refractivity contribution in [1.82, 2.24) is 9.78 Å². The van der Waals surface area contributed by atoms with Crippen molar-refractivity contribution < 1.29 is 22.6 Å². The lowest BCUT2D eigenvalue weighted by Gasteiger charge is -2.09. The van der Waals surface area contributed by atoms with Crippen molar-refractivity contribution in [2.45, 2.75) is 19.1 Å². The van der Waals surface area contributed by atoms with Crippen LogP contribution in [0, 0.1) is 0 Å². The van der Waals surface area contributed by atoms with Crippen LogP contribution in [0.4, 0.5) is 13.2 Å². The van der Waals surface area contributed by atoms with Crippen LogP contribution < -0.4 is 16.0 Å². The van der Waals surface area contributed by atoms with Crippen LogP contribution in [0.2, 0.25) is 0 Å². The van der Waals surface area contributed by atoms with Gasteiger partial charge < -0.3 is 15.2 Å². The molecular formula is C11H16F3N3O3. The van der Waals surface area contributed by atoms with Gasteiger partial charge in [0.1, 0.15) is 12.4 Å². The highest BCUT2D eigenvalue weighted by Gasteiger charge is 2.27. The van der Waals surface area contributed by atoms with E-state index in [-0.39, 0.29) is 13.2 Å². The molecule has 114 valence electrons. The number of hydrogen-bond donors (Lipinski definition) is 1. The van der Waals surface area contributed by atoms with E-state index in [4.69, 9.17) is 10.5 Å². The summed E-state index contributed by atoms with van der Waals surface area (Å²) in [7, 11) is 0. The summed E-state index contributed by atoms with van der Waals surface area (Å²) in [6.45, 7) is -0.808. The van der Waals surface area contributed by atoms with Gasteiger partial charge >= 0.3 is 6.18 Å². The van der Waals surface area contributed by atoms with E-state index in [2.05, 4.69) is 9.84 Å². The molecule has 1 aromatic heterocycles. The maximum Gasteiger partial charge on any atom is 0.411 e. The van der Waals surface area contributed by atoms with Crippen LogP contribution in [0.5, 0.6) is 5.75 Å². The van der Waals surface area contributed by atoms with Gasteiger partial charge in [0.25, 0.3) is 5.56 Å². The van der Waals surface area contributed by atoms with Crippen molar-refractivity contribution in [2.24, 2.45) is 5.73 Å². The lowest BCUT2D eigenvalue weighted by atomic mass is 10.4. The molecule has 9 heteroatoms. The standard InChI is InChI=1S/C11H16F3N3O3/c12-11(13,14)8-19-5-3-17-10(18)6-9(7-16-17)20-4-1-2-15/h6-7H,1-5,8,15H2. The molecule has 0 fully saturated rings. The Hall–Kier alpha value is -1.61. The molecule has 20 heavy (non-hydrogen) atoms. The fourth-order valence-electron chi connectivity index (χ4n) is 1.28. The Kier molecular flexibility index (Phi) is 6.46. The molecule has 0 aromatic carbocycles. The zero-order chi connectivity index (χ0) is 15.0. The second-order valence-corrected chi connectivity index (χ2v) is 3.91. The minimum atomic E-state index is -4.38. The zero-order valence-corrected chi connectivity index (χ0v) is 10.7. The predicted molar refractivity (Wildman–Crippen MR) is 64.5 cm³/mol. The molecule has 0 spiro atoms. The molecule has 1 heterocycles. The summed E-state index contributed by atoms with van der Waals surface area (Å²) in [4.78, 5) is 11.6. The summed E-state index contributed by atoms with van der Waals surface area (Å²) in [6.07, 6.45) is -2.41. The average Bonchev–Trinajstić information content (AvgIpc) is 2.36. The van der Waals surface area contributed by atoms with Crippen molar-refractivity contribution in [3.63, 3.8) is 0 Å². The summed E-state index contributed by atoms with van der Waals surface area (Å²) in [6, 6.07) is 1.22. The van der Waals surface area contributed by atoms with Crippen molar-refractivity contribution in [3.8, 4) is 5.75 Å². The molecule has 0 aliphatic carbocycles. The second kappa shape index (κ2) is 7.85. The van der Waals surface area contributed by atoms with E-state index in [9.17, 15) is 18.0 Å². The Morgan fingerprint density at radius 1 is 1.35 bits per heavy atom. The largest absolute Gasteiger partial charge is 0.492 e. The molecule has 0 aliphatic heterocycles. The Balaban J connectivity index is 2.42. The topological polar surface area (TPSA) is 79.4 Å². The van der Waals surface area contributed by atoms with Gasteiger partial charge in [-0.3, -0.25) is 4.79 Å². The molecule has 0 aliphatic rings. The lowest BCUT2D eigenvalue weighted by molar-refractivity contribution is -0.174. The first-order chi connectivity index (χ1) is 9.42. The third kappa shape index (κ3) is 6.53. The number of nitrogens with two attached hydrogens (primary N) is 1. The van der Waals surface area contributed by atoms with Crippen LogP contribution in [-0.4, -0.2) is 42.3 Å². The van der Waals surface area contributed by atoms with E-state index in [1.807, 2.05) is 0 Å². The quantitative estimate of drug-likeness (QED) is 0.709. The molecule has 0 radical (unpaired) electrons. The number of halogens is 3. The third-order valence-corrected chi connectivity index (χ3v) is 2.17. The number of aromatic nitrogens is 2. The van der Waals surface area contributed by atoms with Gasteiger partial charge in [0.2, 0.25) is 0 Å². The molecule has 0 bridgehead atoms. The van der Waals surface area contributed by atoms with Crippen molar-refractivity contribution in [3.05, 3.63) is 22.6 Å². The van der Waals surface area contributed by atoms with Gasteiger partial charge in [-0.05, 0) is 13.0 Å². The Morgan fingerprint density at radius 2 is 2.10 bits per heavy atom. The molecule has 0 amide bonds. The molecule has 0 unspecified atom stereocenters. The van der Waals surface area contributed by atoms with E-state index >= 15 is 0 Å². The minimum absolute atomic E-state index is 0.0575. The number of nitrogens with zero attached hydrogens (tertiary/aromatic N) is 2. The molecule has 0 atom stereocenters. The van der Waals surface area contributed by atoms with Crippen LogP contribution in [0.3, 0.4) is 0 Å². The highest BCUT2D eigenvalue weighted by Crippen LogP contribution is 2.14. The molecule has 2 N–H and O–H groups in total. The summed E-state index contributed by atoms with van der Waals surface area (Å²) in [5.74, 6) is 0.302. The number of rotatable bonds is 8. The van der Waals surface area contributed by atoms with E-state index in [0.29, 0.717) is 25.3 Å². The molecule has 0 saturated carbocycles. The number of alkyl halides is 3. The van der Waals surface area contributed by atoms with Gasteiger partial charge in [-0.2, -0.15) is 18.3 Å². The van der Waals surface area contributed by atoms with Gasteiger partial charge in [-0.1, -0.05) is 0 Å². The normalized spacial score (nSPS) is 11.6. The smallest absolute Gasteiger partial charge is 0.411 e. The third-order valence-electron chi connectivity index (χ3n) is 2.17. The summed E-state index contributed by atoms with van der Waals surface area (Å²) < 4.78 is 46.1. The SMILES string of the molecule is NCCCOc1cnn(CCOCC(F)(F)F)c(=O)c1. The van der Waals surface area contributed by atoms with Gasteiger partial charge in [0.15, 0.2) is 0 Å².